The molecule has 21 heavy (non-hydrogen) atoms. The summed E-state index contributed by atoms with van der Waals surface area (Å²) in [6.07, 6.45) is 2.85. The quantitative estimate of drug-likeness (QED) is 0.772. The molecule has 114 valence electrons. The number of benzene rings is 1. The summed E-state index contributed by atoms with van der Waals surface area (Å²) in [5.74, 6) is 1.92. The zero-order valence-corrected chi connectivity index (χ0v) is 13.5. The van der Waals surface area contributed by atoms with Crippen LogP contribution in [0.2, 0.25) is 0 Å². The molecule has 0 saturated heterocycles. The highest BCUT2D eigenvalue weighted by atomic mass is 16.5. The first kappa shape index (κ1) is 15.6. The maximum atomic E-state index is 6.00. The molecule has 0 radical (unpaired) electrons. The molecule has 2 rings (SSSR count). The van der Waals surface area contributed by atoms with E-state index in [1.54, 1.807) is 6.26 Å². The van der Waals surface area contributed by atoms with E-state index < -0.39 is 0 Å². The molecule has 3 nitrogen and oxygen atoms in total. The van der Waals surface area contributed by atoms with Gasteiger partial charge in [-0.05, 0) is 62.6 Å². The Bertz CT molecular complexity index is 587. The van der Waals surface area contributed by atoms with Gasteiger partial charge in [-0.1, -0.05) is 13.0 Å². The highest BCUT2D eigenvalue weighted by Crippen LogP contribution is 2.24. The minimum absolute atomic E-state index is 0.545. The van der Waals surface area contributed by atoms with Crippen molar-refractivity contribution in [1.82, 2.24) is 5.32 Å². The largest absolute Gasteiger partial charge is 0.488 e. The maximum Gasteiger partial charge on any atom is 0.124 e. The molecule has 0 aliphatic rings. The molecule has 0 unspecified atom stereocenters. The number of hydrogen-bond donors (Lipinski definition) is 1. The van der Waals surface area contributed by atoms with Crippen molar-refractivity contribution in [3.8, 4) is 5.75 Å². The van der Waals surface area contributed by atoms with E-state index in [1.807, 2.05) is 6.07 Å². The van der Waals surface area contributed by atoms with E-state index in [1.165, 1.54) is 16.7 Å². The molecule has 1 heterocycles. The summed E-state index contributed by atoms with van der Waals surface area (Å²) in [5.41, 5.74) is 4.80. The molecule has 0 saturated carbocycles. The zero-order chi connectivity index (χ0) is 15.2. The van der Waals surface area contributed by atoms with Gasteiger partial charge in [0.25, 0.3) is 0 Å². The summed E-state index contributed by atoms with van der Waals surface area (Å²) in [7, 11) is 0. The Balaban J connectivity index is 2.02. The fourth-order valence-electron chi connectivity index (χ4n) is 2.34. The number of nitrogens with one attached hydrogen (secondary N) is 1. The van der Waals surface area contributed by atoms with Gasteiger partial charge in [-0.3, -0.25) is 0 Å². The molecule has 0 aliphatic carbocycles. The van der Waals surface area contributed by atoms with Gasteiger partial charge in [0.05, 0.1) is 12.8 Å². The van der Waals surface area contributed by atoms with Crippen molar-refractivity contribution in [2.75, 3.05) is 6.54 Å². The summed E-state index contributed by atoms with van der Waals surface area (Å²) in [5, 5.41) is 3.36. The average Bonchev–Trinajstić information content (AvgIpc) is 2.89. The van der Waals surface area contributed by atoms with Crippen LogP contribution in [0.25, 0.3) is 0 Å². The molecule has 3 heteroatoms. The van der Waals surface area contributed by atoms with E-state index in [9.17, 15) is 0 Å². The summed E-state index contributed by atoms with van der Waals surface area (Å²) in [4.78, 5) is 0. The Labute approximate surface area is 127 Å². The van der Waals surface area contributed by atoms with Gasteiger partial charge in [0.2, 0.25) is 0 Å². The Morgan fingerprint density at radius 2 is 2.00 bits per heavy atom. The van der Waals surface area contributed by atoms with Gasteiger partial charge in [0.1, 0.15) is 18.1 Å². The number of aryl methyl sites for hydroxylation is 2. The van der Waals surface area contributed by atoms with E-state index >= 15 is 0 Å². The van der Waals surface area contributed by atoms with Crippen LogP contribution in [0.15, 0.2) is 28.9 Å². The van der Waals surface area contributed by atoms with Gasteiger partial charge in [0, 0.05) is 5.56 Å². The van der Waals surface area contributed by atoms with Crippen LogP contribution in [0, 0.1) is 20.8 Å². The molecule has 0 aliphatic heterocycles. The van der Waals surface area contributed by atoms with Crippen LogP contribution in [-0.2, 0) is 13.2 Å². The third-order valence-corrected chi connectivity index (χ3v) is 3.70. The van der Waals surface area contributed by atoms with Crippen LogP contribution < -0.4 is 10.1 Å². The Hall–Kier alpha value is -1.74. The lowest BCUT2D eigenvalue weighted by Gasteiger charge is -2.12. The summed E-state index contributed by atoms with van der Waals surface area (Å²) in [6, 6.07) is 6.26. The van der Waals surface area contributed by atoms with Gasteiger partial charge in [0.15, 0.2) is 0 Å². The topological polar surface area (TPSA) is 34.4 Å². The van der Waals surface area contributed by atoms with Gasteiger partial charge in [-0.2, -0.15) is 0 Å². The monoisotopic (exact) mass is 287 g/mol. The highest BCUT2D eigenvalue weighted by Gasteiger charge is 2.09. The minimum Gasteiger partial charge on any atom is -0.488 e. The van der Waals surface area contributed by atoms with E-state index in [4.69, 9.17) is 9.15 Å². The van der Waals surface area contributed by atoms with Crippen molar-refractivity contribution in [1.29, 1.82) is 0 Å². The molecule has 1 N–H and O–H groups in total. The first-order chi connectivity index (χ1) is 10.1. The summed E-state index contributed by atoms with van der Waals surface area (Å²) >= 11 is 0. The van der Waals surface area contributed by atoms with Gasteiger partial charge in [-0.25, -0.2) is 0 Å². The summed E-state index contributed by atoms with van der Waals surface area (Å²) < 4.78 is 11.5. The molecule has 1 aromatic carbocycles. The van der Waals surface area contributed by atoms with Crippen LogP contribution in [0.3, 0.4) is 0 Å². The number of ether oxygens (including phenoxy) is 1. The van der Waals surface area contributed by atoms with Crippen LogP contribution in [-0.4, -0.2) is 6.54 Å². The molecule has 0 spiro atoms. The van der Waals surface area contributed by atoms with Gasteiger partial charge in [-0.15, -0.1) is 0 Å². The lowest BCUT2D eigenvalue weighted by Crippen LogP contribution is -2.14. The Kier molecular flexibility index (Phi) is 5.45. The van der Waals surface area contributed by atoms with E-state index in [0.29, 0.717) is 6.61 Å². The maximum absolute atomic E-state index is 6.00. The fourth-order valence-corrected chi connectivity index (χ4v) is 2.34. The lowest BCUT2D eigenvalue weighted by atomic mass is 10.1. The highest BCUT2D eigenvalue weighted by molar-refractivity contribution is 5.42. The van der Waals surface area contributed by atoms with Crippen molar-refractivity contribution in [3.63, 3.8) is 0 Å². The molecule has 2 aromatic rings. The molecular formula is C18H25NO2. The fraction of sp³-hybridized carbons (Fsp3) is 0.444. The second kappa shape index (κ2) is 7.32. The lowest BCUT2D eigenvalue weighted by molar-refractivity contribution is 0.299. The molecule has 0 amide bonds. The SMILES string of the molecule is CCCNCc1occc1COc1cc(C)cc(C)c1C. The first-order valence-corrected chi connectivity index (χ1v) is 7.58. The van der Waals surface area contributed by atoms with E-state index in [0.717, 1.165) is 36.6 Å². The Morgan fingerprint density at radius 3 is 2.76 bits per heavy atom. The predicted molar refractivity (Wildman–Crippen MR) is 85.7 cm³/mol. The van der Waals surface area contributed by atoms with Crippen LogP contribution in [0.1, 0.15) is 41.4 Å². The van der Waals surface area contributed by atoms with Crippen molar-refractivity contribution in [2.24, 2.45) is 0 Å². The average molecular weight is 287 g/mol. The van der Waals surface area contributed by atoms with Crippen LogP contribution in [0.4, 0.5) is 0 Å². The second-order valence-corrected chi connectivity index (χ2v) is 5.54. The van der Waals surface area contributed by atoms with Crippen molar-refractivity contribution < 1.29 is 9.15 Å². The first-order valence-electron chi connectivity index (χ1n) is 7.58. The molecule has 0 fully saturated rings. The van der Waals surface area contributed by atoms with Crippen molar-refractivity contribution in [3.05, 3.63) is 52.5 Å². The standard InChI is InChI=1S/C18H25NO2/c1-5-7-19-11-18-16(6-8-20-18)12-21-17-10-13(2)9-14(3)15(17)4/h6,8-10,19H,5,7,11-12H2,1-4H3. The minimum atomic E-state index is 0.545. The van der Waals surface area contributed by atoms with Gasteiger partial charge < -0.3 is 14.5 Å². The second-order valence-electron chi connectivity index (χ2n) is 5.54. The Morgan fingerprint density at radius 1 is 1.19 bits per heavy atom. The van der Waals surface area contributed by atoms with Crippen molar-refractivity contribution >= 4 is 0 Å². The van der Waals surface area contributed by atoms with E-state index in [-0.39, 0.29) is 0 Å². The normalized spacial score (nSPS) is 10.9. The molecule has 1 aromatic heterocycles. The number of rotatable bonds is 7. The predicted octanol–water partition coefficient (Wildman–Crippen LogP) is 4.28. The molecule has 0 atom stereocenters. The molecule has 0 bridgehead atoms. The number of hydrogen-bond acceptors (Lipinski definition) is 3. The number of furan rings is 1. The van der Waals surface area contributed by atoms with Crippen molar-refractivity contribution in [2.45, 2.75) is 47.3 Å². The third-order valence-electron chi connectivity index (χ3n) is 3.70. The van der Waals surface area contributed by atoms with Crippen LogP contribution >= 0.6 is 0 Å². The van der Waals surface area contributed by atoms with Gasteiger partial charge >= 0.3 is 0 Å². The smallest absolute Gasteiger partial charge is 0.124 e. The molecular weight excluding hydrogens is 262 g/mol. The zero-order valence-electron chi connectivity index (χ0n) is 13.5. The van der Waals surface area contributed by atoms with Crippen LogP contribution in [0.5, 0.6) is 5.75 Å². The van der Waals surface area contributed by atoms with E-state index in [2.05, 4.69) is 45.1 Å². The summed E-state index contributed by atoms with van der Waals surface area (Å²) in [6.45, 7) is 10.8. The third kappa shape index (κ3) is 4.11.